The van der Waals surface area contributed by atoms with Crippen molar-refractivity contribution in [3.05, 3.63) is 35.9 Å². The molecule has 0 radical (unpaired) electrons. The highest BCUT2D eigenvalue weighted by atomic mass is 16.7. The molecule has 0 bridgehead atoms. The number of carbonyl (C=O) groups excluding carboxylic acids is 2. The second-order valence-corrected chi connectivity index (χ2v) is 5.29. The Hall–Kier alpha value is -2.04. The van der Waals surface area contributed by atoms with Crippen LogP contribution < -0.4 is 5.73 Å². The van der Waals surface area contributed by atoms with Crippen LogP contribution in [0.5, 0.6) is 0 Å². The minimum atomic E-state index is -1.02. The van der Waals surface area contributed by atoms with E-state index in [4.69, 9.17) is 15.2 Å². The van der Waals surface area contributed by atoms with E-state index in [2.05, 4.69) is 0 Å². The average molecular weight is 265 g/mol. The summed E-state index contributed by atoms with van der Waals surface area (Å²) in [5.41, 5.74) is 5.47. The van der Waals surface area contributed by atoms with Gasteiger partial charge in [0.1, 0.15) is 6.61 Å². The standard InChI is InChI=1S/C14H19NO4/c1-14(2,3)11(12(15)16)19-13(17)18-9-10-7-5-4-6-8-10/h4-8,11H,9H2,1-3H3,(H2,15,16)/t11-/m1/s1. The van der Waals surface area contributed by atoms with Crippen LogP contribution in [0.15, 0.2) is 30.3 Å². The lowest BCUT2D eigenvalue weighted by molar-refractivity contribution is -0.133. The number of nitrogens with two attached hydrogens (primary N) is 1. The molecule has 104 valence electrons. The molecule has 0 aliphatic heterocycles. The first-order chi connectivity index (χ1) is 8.80. The predicted molar refractivity (Wildman–Crippen MR) is 70.1 cm³/mol. The zero-order chi connectivity index (χ0) is 14.5. The summed E-state index contributed by atoms with van der Waals surface area (Å²) in [6, 6.07) is 9.19. The van der Waals surface area contributed by atoms with E-state index >= 15 is 0 Å². The summed E-state index contributed by atoms with van der Waals surface area (Å²) < 4.78 is 9.90. The Bertz CT molecular complexity index is 437. The Morgan fingerprint density at radius 3 is 2.26 bits per heavy atom. The monoisotopic (exact) mass is 265 g/mol. The SMILES string of the molecule is CC(C)(C)[C@H](OC(=O)OCc1ccccc1)C(N)=O. The number of hydrogen-bond donors (Lipinski definition) is 1. The van der Waals surface area contributed by atoms with Crippen LogP contribution in [0.2, 0.25) is 0 Å². The molecule has 1 amide bonds. The van der Waals surface area contributed by atoms with Gasteiger partial charge in [-0.15, -0.1) is 0 Å². The molecule has 5 heteroatoms. The third kappa shape index (κ3) is 4.99. The summed E-state index contributed by atoms with van der Waals surface area (Å²) in [4.78, 5) is 22.8. The summed E-state index contributed by atoms with van der Waals surface area (Å²) in [6.45, 7) is 5.36. The average Bonchev–Trinajstić information content (AvgIpc) is 2.33. The third-order valence-corrected chi connectivity index (χ3v) is 2.46. The van der Waals surface area contributed by atoms with Crippen molar-refractivity contribution in [3.63, 3.8) is 0 Å². The molecule has 5 nitrogen and oxygen atoms in total. The van der Waals surface area contributed by atoms with Gasteiger partial charge in [-0.05, 0) is 5.56 Å². The van der Waals surface area contributed by atoms with E-state index in [-0.39, 0.29) is 6.61 Å². The lowest BCUT2D eigenvalue weighted by Crippen LogP contribution is -2.42. The van der Waals surface area contributed by atoms with Gasteiger partial charge in [0.2, 0.25) is 0 Å². The summed E-state index contributed by atoms with van der Waals surface area (Å²) in [5, 5.41) is 0. The molecule has 0 saturated carbocycles. The van der Waals surface area contributed by atoms with E-state index in [0.717, 1.165) is 5.56 Å². The van der Waals surface area contributed by atoms with Crippen molar-refractivity contribution in [1.82, 2.24) is 0 Å². The van der Waals surface area contributed by atoms with Gasteiger partial charge in [-0.1, -0.05) is 51.1 Å². The normalized spacial score (nSPS) is 12.6. The number of hydrogen-bond acceptors (Lipinski definition) is 4. The second kappa shape index (κ2) is 6.22. The largest absolute Gasteiger partial charge is 0.509 e. The van der Waals surface area contributed by atoms with Crippen LogP contribution in [-0.2, 0) is 20.9 Å². The van der Waals surface area contributed by atoms with Crippen molar-refractivity contribution < 1.29 is 19.1 Å². The van der Waals surface area contributed by atoms with Gasteiger partial charge < -0.3 is 15.2 Å². The number of primary amides is 1. The molecule has 0 aliphatic carbocycles. The molecule has 1 atom stereocenters. The molecule has 0 aromatic heterocycles. The van der Waals surface area contributed by atoms with Gasteiger partial charge in [0, 0.05) is 5.41 Å². The van der Waals surface area contributed by atoms with Gasteiger partial charge in [-0.2, -0.15) is 0 Å². The van der Waals surface area contributed by atoms with Crippen molar-refractivity contribution in [2.45, 2.75) is 33.5 Å². The van der Waals surface area contributed by atoms with E-state index in [1.54, 1.807) is 20.8 Å². The van der Waals surface area contributed by atoms with E-state index in [1.165, 1.54) is 0 Å². The number of benzene rings is 1. The second-order valence-electron chi connectivity index (χ2n) is 5.29. The molecular formula is C14H19NO4. The van der Waals surface area contributed by atoms with E-state index in [9.17, 15) is 9.59 Å². The Labute approximate surface area is 112 Å². The van der Waals surface area contributed by atoms with Crippen LogP contribution in [-0.4, -0.2) is 18.2 Å². The molecule has 0 fully saturated rings. The Morgan fingerprint density at radius 1 is 1.21 bits per heavy atom. The quantitative estimate of drug-likeness (QED) is 0.847. The van der Waals surface area contributed by atoms with Crippen molar-refractivity contribution in [2.75, 3.05) is 0 Å². The highest BCUT2D eigenvalue weighted by Crippen LogP contribution is 2.22. The molecule has 0 saturated heterocycles. The fourth-order valence-electron chi connectivity index (χ4n) is 1.51. The molecule has 19 heavy (non-hydrogen) atoms. The number of carbonyl (C=O) groups is 2. The van der Waals surface area contributed by atoms with Crippen LogP contribution in [0.1, 0.15) is 26.3 Å². The molecule has 0 unspecified atom stereocenters. The molecule has 1 aromatic rings. The fourth-order valence-corrected chi connectivity index (χ4v) is 1.51. The van der Waals surface area contributed by atoms with Gasteiger partial charge in [-0.25, -0.2) is 4.79 Å². The molecule has 1 rings (SSSR count). The minimum Gasteiger partial charge on any atom is -0.429 e. The van der Waals surface area contributed by atoms with Crippen LogP contribution in [0, 0.1) is 5.41 Å². The molecule has 2 N–H and O–H groups in total. The molecule has 0 heterocycles. The maximum absolute atomic E-state index is 11.5. The lowest BCUT2D eigenvalue weighted by atomic mass is 9.88. The zero-order valence-corrected chi connectivity index (χ0v) is 11.4. The highest BCUT2D eigenvalue weighted by molar-refractivity contribution is 5.81. The van der Waals surface area contributed by atoms with Gasteiger partial charge >= 0.3 is 6.16 Å². The van der Waals surface area contributed by atoms with Gasteiger partial charge in [0.05, 0.1) is 0 Å². The lowest BCUT2D eigenvalue weighted by Gasteiger charge is -2.26. The third-order valence-electron chi connectivity index (χ3n) is 2.46. The van der Waals surface area contributed by atoms with E-state index in [0.29, 0.717) is 0 Å². The van der Waals surface area contributed by atoms with E-state index < -0.39 is 23.6 Å². The Morgan fingerprint density at radius 2 is 1.79 bits per heavy atom. The van der Waals surface area contributed by atoms with Crippen molar-refractivity contribution >= 4 is 12.1 Å². The van der Waals surface area contributed by atoms with Crippen LogP contribution >= 0.6 is 0 Å². The van der Waals surface area contributed by atoms with Crippen molar-refractivity contribution in [2.24, 2.45) is 11.1 Å². The zero-order valence-electron chi connectivity index (χ0n) is 11.4. The smallest absolute Gasteiger partial charge is 0.429 e. The summed E-state index contributed by atoms with van der Waals surface area (Å²) in [6.07, 6.45) is -1.92. The van der Waals surface area contributed by atoms with Crippen LogP contribution in [0.4, 0.5) is 4.79 Å². The van der Waals surface area contributed by atoms with Gasteiger partial charge in [0.15, 0.2) is 6.10 Å². The summed E-state index contributed by atoms with van der Waals surface area (Å²) in [7, 11) is 0. The minimum absolute atomic E-state index is 0.0926. The first kappa shape index (κ1) is 15.0. The first-order valence-corrected chi connectivity index (χ1v) is 5.97. The molecule has 0 spiro atoms. The van der Waals surface area contributed by atoms with Crippen LogP contribution in [0.3, 0.4) is 0 Å². The summed E-state index contributed by atoms with van der Waals surface area (Å²) >= 11 is 0. The number of ether oxygens (including phenoxy) is 2. The number of amides is 1. The van der Waals surface area contributed by atoms with Crippen molar-refractivity contribution in [3.8, 4) is 0 Å². The first-order valence-electron chi connectivity index (χ1n) is 5.97. The van der Waals surface area contributed by atoms with E-state index in [1.807, 2.05) is 30.3 Å². The van der Waals surface area contributed by atoms with Gasteiger partial charge in [0.25, 0.3) is 5.91 Å². The van der Waals surface area contributed by atoms with Gasteiger partial charge in [-0.3, -0.25) is 4.79 Å². The molecular weight excluding hydrogens is 246 g/mol. The van der Waals surface area contributed by atoms with Crippen molar-refractivity contribution in [1.29, 1.82) is 0 Å². The Kier molecular flexibility index (Phi) is 4.92. The van der Waals surface area contributed by atoms with Crippen LogP contribution in [0.25, 0.3) is 0 Å². The Balaban J connectivity index is 2.52. The summed E-state index contributed by atoms with van der Waals surface area (Å²) in [5.74, 6) is -0.691. The molecule has 1 aromatic carbocycles. The topological polar surface area (TPSA) is 78.6 Å². The maximum Gasteiger partial charge on any atom is 0.509 e. The fraction of sp³-hybridized carbons (Fsp3) is 0.429. The molecule has 0 aliphatic rings. The predicted octanol–water partition coefficient (Wildman–Crippen LogP) is 2.24. The highest BCUT2D eigenvalue weighted by Gasteiger charge is 2.33. The maximum atomic E-state index is 11.5. The number of rotatable bonds is 4.